The molecule has 102 valence electrons. The fourth-order valence-corrected chi connectivity index (χ4v) is 3.32. The zero-order valence-corrected chi connectivity index (χ0v) is 11.5. The average Bonchev–Trinajstić information content (AvgIpc) is 2.61. The van der Waals surface area contributed by atoms with E-state index >= 15 is 0 Å². The molecule has 1 aromatic carbocycles. The first kappa shape index (κ1) is 12.7. The Balaban J connectivity index is 2.05. The zero-order valence-electron chi connectivity index (χ0n) is 11.5. The highest BCUT2D eigenvalue weighted by molar-refractivity contribution is 5.76. The van der Waals surface area contributed by atoms with E-state index in [0.29, 0.717) is 12.6 Å². The lowest BCUT2D eigenvalue weighted by atomic mass is 10.1. The molecule has 1 aliphatic carbocycles. The van der Waals surface area contributed by atoms with E-state index in [1.807, 2.05) is 0 Å². The van der Waals surface area contributed by atoms with E-state index in [2.05, 4.69) is 28.8 Å². The highest BCUT2D eigenvalue weighted by atomic mass is 15.1. The monoisotopic (exact) mass is 257 g/mol. The summed E-state index contributed by atoms with van der Waals surface area (Å²) in [4.78, 5) is 4.79. The summed E-state index contributed by atoms with van der Waals surface area (Å²) in [6.45, 7) is 0.677. The van der Waals surface area contributed by atoms with Crippen molar-refractivity contribution in [2.75, 3.05) is 6.54 Å². The van der Waals surface area contributed by atoms with Crippen LogP contribution < -0.4 is 5.73 Å². The largest absolute Gasteiger partial charge is 0.330 e. The number of nitrogens with zero attached hydrogens (tertiary/aromatic N) is 2. The highest BCUT2D eigenvalue weighted by Crippen LogP contribution is 2.31. The molecular weight excluding hydrogens is 234 g/mol. The molecule has 19 heavy (non-hydrogen) atoms. The van der Waals surface area contributed by atoms with Gasteiger partial charge in [-0.2, -0.15) is 0 Å². The van der Waals surface area contributed by atoms with Gasteiger partial charge in [0.2, 0.25) is 0 Å². The average molecular weight is 257 g/mol. The van der Waals surface area contributed by atoms with Crippen LogP contribution in [0.15, 0.2) is 24.3 Å². The van der Waals surface area contributed by atoms with Crippen LogP contribution >= 0.6 is 0 Å². The number of aromatic nitrogens is 2. The van der Waals surface area contributed by atoms with Crippen molar-refractivity contribution in [3.8, 4) is 0 Å². The maximum atomic E-state index is 5.76. The molecule has 1 saturated carbocycles. The Bertz CT molecular complexity index is 536. The lowest BCUT2D eigenvalue weighted by Gasteiger charge is -2.20. The summed E-state index contributed by atoms with van der Waals surface area (Å²) in [6.07, 6.45) is 8.92. The van der Waals surface area contributed by atoms with Crippen molar-refractivity contribution in [2.24, 2.45) is 5.73 Å². The fraction of sp³-hybridized carbons (Fsp3) is 0.562. The van der Waals surface area contributed by atoms with Gasteiger partial charge >= 0.3 is 0 Å². The minimum atomic E-state index is 0.622. The minimum Gasteiger partial charge on any atom is -0.330 e. The van der Waals surface area contributed by atoms with Gasteiger partial charge in [0.1, 0.15) is 5.82 Å². The Kier molecular flexibility index (Phi) is 3.83. The number of para-hydroxylation sites is 2. The lowest BCUT2D eigenvalue weighted by molar-refractivity contribution is 0.440. The predicted molar refractivity (Wildman–Crippen MR) is 79.2 cm³/mol. The van der Waals surface area contributed by atoms with E-state index in [1.165, 1.54) is 49.9 Å². The van der Waals surface area contributed by atoms with Gasteiger partial charge in [-0.15, -0.1) is 0 Å². The van der Waals surface area contributed by atoms with Gasteiger partial charge in [0.25, 0.3) is 0 Å². The van der Waals surface area contributed by atoms with Gasteiger partial charge in [0.05, 0.1) is 11.0 Å². The molecular formula is C16H23N3. The third-order valence-corrected chi connectivity index (χ3v) is 4.23. The molecule has 0 unspecified atom stereocenters. The van der Waals surface area contributed by atoms with E-state index in [1.54, 1.807) is 0 Å². The summed E-state index contributed by atoms with van der Waals surface area (Å²) in [5.41, 5.74) is 8.17. The van der Waals surface area contributed by atoms with Gasteiger partial charge in [-0.3, -0.25) is 0 Å². The van der Waals surface area contributed by atoms with Gasteiger partial charge in [0, 0.05) is 12.5 Å². The molecule has 0 atom stereocenters. The third kappa shape index (κ3) is 2.52. The summed E-state index contributed by atoms with van der Waals surface area (Å²) in [7, 11) is 0. The molecule has 1 fully saturated rings. The van der Waals surface area contributed by atoms with Gasteiger partial charge in [-0.05, 0) is 31.5 Å². The van der Waals surface area contributed by atoms with Crippen LogP contribution in [-0.2, 0) is 6.42 Å². The molecule has 1 aliphatic rings. The Morgan fingerprint density at radius 1 is 1.11 bits per heavy atom. The topological polar surface area (TPSA) is 43.8 Å². The molecule has 3 nitrogen and oxygen atoms in total. The molecule has 0 spiro atoms. The van der Waals surface area contributed by atoms with Crippen LogP contribution in [0, 0.1) is 0 Å². The van der Waals surface area contributed by atoms with Crippen LogP contribution in [-0.4, -0.2) is 16.1 Å². The van der Waals surface area contributed by atoms with Crippen LogP contribution in [0.1, 0.15) is 50.4 Å². The summed E-state index contributed by atoms with van der Waals surface area (Å²) in [5.74, 6) is 1.18. The molecule has 1 heterocycles. The normalized spacial score (nSPS) is 17.7. The minimum absolute atomic E-state index is 0.622. The number of hydrogen-bond donors (Lipinski definition) is 1. The van der Waals surface area contributed by atoms with Crippen LogP contribution in [0.25, 0.3) is 11.0 Å². The molecule has 1 aromatic heterocycles. The maximum Gasteiger partial charge on any atom is 0.111 e. The molecule has 0 saturated heterocycles. The Morgan fingerprint density at radius 3 is 2.58 bits per heavy atom. The molecule has 0 amide bonds. The number of fused-ring (bicyclic) bond motifs is 1. The second-order valence-electron chi connectivity index (χ2n) is 5.57. The molecule has 3 heteroatoms. The fourth-order valence-electron chi connectivity index (χ4n) is 3.32. The second kappa shape index (κ2) is 5.74. The number of rotatable bonds is 3. The number of hydrogen-bond acceptors (Lipinski definition) is 2. The summed E-state index contributed by atoms with van der Waals surface area (Å²) in [5, 5.41) is 0. The van der Waals surface area contributed by atoms with Crippen LogP contribution in [0.5, 0.6) is 0 Å². The van der Waals surface area contributed by atoms with Crippen molar-refractivity contribution in [1.29, 1.82) is 0 Å². The molecule has 0 aliphatic heterocycles. The standard InChI is InChI=1S/C16H23N3/c17-12-11-16-18-14-9-5-6-10-15(14)19(16)13-7-3-1-2-4-8-13/h5-6,9-10,13H,1-4,7-8,11-12,17H2. The maximum absolute atomic E-state index is 5.76. The van der Waals surface area contributed by atoms with Crippen LogP contribution in [0.4, 0.5) is 0 Å². The molecule has 0 bridgehead atoms. The summed E-state index contributed by atoms with van der Waals surface area (Å²) < 4.78 is 2.48. The first-order valence-electron chi connectivity index (χ1n) is 7.56. The molecule has 3 rings (SSSR count). The van der Waals surface area contributed by atoms with Crippen molar-refractivity contribution in [2.45, 2.75) is 51.0 Å². The molecule has 0 radical (unpaired) electrons. The van der Waals surface area contributed by atoms with Crippen LogP contribution in [0.3, 0.4) is 0 Å². The van der Waals surface area contributed by atoms with Crippen molar-refractivity contribution in [1.82, 2.24) is 9.55 Å². The second-order valence-corrected chi connectivity index (χ2v) is 5.57. The zero-order chi connectivity index (χ0) is 13.1. The SMILES string of the molecule is NCCc1nc2ccccc2n1C1CCCCCC1. The molecule has 2 N–H and O–H groups in total. The van der Waals surface area contributed by atoms with Crippen molar-refractivity contribution < 1.29 is 0 Å². The van der Waals surface area contributed by atoms with Crippen LogP contribution in [0.2, 0.25) is 0 Å². The van der Waals surface area contributed by atoms with Gasteiger partial charge in [0.15, 0.2) is 0 Å². The van der Waals surface area contributed by atoms with Gasteiger partial charge in [-0.25, -0.2) is 4.98 Å². The van der Waals surface area contributed by atoms with E-state index in [-0.39, 0.29) is 0 Å². The third-order valence-electron chi connectivity index (χ3n) is 4.23. The first-order chi connectivity index (χ1) is 9.40. The van der Waals surface area contributed by atoms with E-state index in [0.717, 1.165) is 11.9 Å². The lowest BCUT2D eigenvalue weighted by Crippen LogP contribution is -2.15. The van der Waals surface area contributed by atoms with E-state index in [9.17, 15) is 0 Å². The molecule has 2 aromatic rings. The smallest absolute Gasteiger partial charge is 0.111 e. The Hall–Kier alpha value is -1.35. The number of nitrogens with two attached hydrogens (primary N) is 1. The van der Waals surface area contributed by atoms with E-state index < -0.39 is 0 Å². The first-order valence-corrected chi connectivity index (χ1v) is 7.56. The number of imidazole rings is 1. The number of benzene rings is 1. The Labute approximate surface area is 114 Å². The predicted octanol–water partition coefficient (Wildman–Crippen LogP) is 3.43. The highest BCUT2D eigenvalue weighted by Gasteiger charge is 2.19. The van der Waals surface area contributed by atoms with Crippen molar-refractivity contribution in [3.05, 3.63) is 30.1 Å². The van der Waals surface area contributed by atoms with Gasteiger partial charge < -0.3 is 10.3 Å². The van der Waals surface area contributed by atoms with Crippen molar-refractivity contribution >= 4 is 11.0 Å². The quantitative estimate of drug-likeness (QED) is 0.856. The summed E-state index contributed by atoms with van der Waals surface area (Å²) in [6, 6.07) is 9.12. The summed E-state index contributed by atoms with van der Waals surface area (Å²) >= 11 is 0. The van der Waals surface area contributed by atoms with Crippen molar-refractivity contribution in [3.63, 3.8) is 0 Å². The van der Waals surface area contributed by atoms with E-state index in [4.69, 9.17) is 10.7 Å². The van der Waals surface area contributed by atoms with Gasteiger partial charge in [-0.1, -0.05) is 37.8 Å². The Morgan fingerprint density at radius 2 is 1.84 bits per heavy atom.